The zero-order valence-electron chi connectivity index (χ0n) is 11.7. The molecule has 0 aliphatic rings. The summed E-state index contributed by atoms with van der Waals surface area (Å²) < 4.78 is 9.18. The van der Waals surface area contributed by atoms with E-state index in [4.69, 9.17) is 5.11 Å². The summed E-state index contributed by atoms with van der Waals surface area (Å²) in [7, 11) is 0. The molecule has 0 saturated carbocycles. The lowest BCUT2D eigenvalue weighted by Gasteiger charge is -2.22. The number of aliphatic carboxylic acids is 1. The number of amides is 1. The molecule has 0 fully saturated rings. The molecule has 0 bridgehead atoms. The third-order valence-electron chi connectivity index (χ3n) is 2.19. The van der Waals surface area contributed by atoms with Gasteiger partial charge in [-0.2, -0.15) is 0 Å². The first-order valence-electron chi connectivity index (χ1n) is 6.14. The molecule has 0 aromatic carbocycles. The first-order valence-corrected chi connectivity index (χ1v) is 6.14. The van der Waals surface area contributed by atoms with Crippen molar-refractivity contribution >= 4 is 23.8 Å². The molecule has 8 heteroatoms. The molecule has 8 nitrogen and oxygen atoms in total. The Morgan fingerprint density at radius 3 is 1.95 bits per heavy atom. The summed E-state index contributed by atoms with van der Waals surface area (Å²) in [6.07, 6.45) is -2.09. The van der Waals surface area contributed by atoms with Gasteiger partial charge in [-0.05, 0) is 6.42 Å². The van der Waals surface area contributed by atoms with E-state index in [-0.39, 0.29) is 0 Å². The molecular weight excluding hydrogens is 270 g/mol. The number of hydrogen-bond donors (Lipinski definition) is 2. The zero-order chi connectivity index (χ0) is 15.7. The Labute approximate surface area is 116 Å². The van der Waals surface area contributed by atoms with Crippen LogP contribution in [-0.2, 0) is 28.7 Å². The predicted molar refractivity (Wildman–Crippen MR) is 66.7 cm³/mol. The molecular formula is C12H19NO7. The Morgan fingerprint density at radius 1 is 1.05 bits per heavy atom. The maximum absolute atomic E-state index is 11.8. The highest BCUT2D eigenvalue weighted by Gasteiger charge is 2.39. The molecule has 114 valence electrons. The monoisotopic (exact) mass is 289 g/mol. The van der Waals surface area contributed by atoms with Crippen LogP contribution in [-0.4, -0.2) is 47.7 Å². The van der Waals surface area contributed by atoms with E-state index in [0.717, 1.165) is 20.3 Å². The summed E-state index contributed by atoms with van der Waals surface area (Å²) >= 11 is 0. The van der Waals surface area contributed by atoms with Crippen LogP contribution in [0.3, 0.4) is 0 Å². The van der Waals surface area contributed by atoms with Gasteiger partial charge in [0.25, 0.3) is 5.91 Å². The molecule has 2 N–H and O–H groups in total. The number of hydrogen-bond acceptors (Lipinski definition) is 6. The second kappa shape index (κ2) is 8.89. The molecule has 2 atom stereocenters. The summed E-state index contributed by atoms with van der Waals surface area (Å²) in [6, 6.07) is 0. The summed E-state index contributed by atoms with van der Waals surface area (Å²) in [5, 5.41) is 11.4. The van der Waals surface area contributed by atoms with Gasteiger partial charge in [-0.15, -0.1) is 0 Å². The topological polar surface area (TPSA) is 119 Å². The lowest BCUT2D eigenvalue weighted by molar-refractivity contribution is -0.180. The van der Waals surface area contributed by atoms with E-state index in [1.54, 1.807) is 0 Å². The molecule has 0 aromatic rings. The van der Waals surface area contributed by atoms with Crippen molar-refractivity contribution in [2.75, 3.05) is 6.54 Å². The van der Waals surface area contributed by atoms with Crippen molar-refractivity contribution in [3.63, 3.8) is 0 Å². The number of esters is 2. The third kappa shape index (κ3) is 6.72. The fourth-order valence-electron chi connectivity index (χ4n) is 1.34. The summed E-state index contributed by atoms with van der Waals surface area (Å²) in [4.78, 5) is 44.7. The Morgan fingerprint density at radius 2 is 1.55 bits per heavy atom. The maximum Gasteiger partial charge on any atom is 0.349 e. The van der Waals surface area contributed by atoms with Gasteiger partial charge < -0.3 is 19.9 Å². The molecule has 0 heterocycles. The molecule has 0 saturated heterocycles. The quantitative estimate of drug-likeness (QED) is 0.471. The maximum atomic E-state index is 11.8. The lowest BCUT2D eigenvalue weighted by atomic mass is 10.1. The number of carboxylic acid groups (broad SMARTS) is 1. The number of unbranched alkanes of at least 4 members (excludes halogenated alkanes) is 1. The molecule has 0 rings (SSSR count). The first-order chi connectivity index (χ1) is 9.29. The molecule has 0 aromatic heterocycles. The molecule has 2 unspecified atom stereocenters. The SMILES string of the molecule is CCCCNC(=O)C(OC(C)=O)C(OC(C)=O)C(=O)O. The van der Waals surface area contributed by atoms with E-state index in [0.29, 0.717) is 13.0 Å². The van der Waals surface area contributed by atoms with Gasteiger partial charge in [0.05, 0.1) is 0 Å². The van der Waals surface area contributed by atoms with E-state index in [9.17, 15) is 19.2 Å². The van der Waals surface area contributed by atoms with Crippen LogP contribution in [0, 0.1) is 0 Å². The lowest BCUT2D eigenvalue weighted by Crippen LogP contribution is -2.50. The smallest absolute Gasteiger partial charge is 0.349 e. The average molecular weight is 289 g/mol. The van der Waals surface area contributed by atoms with E-state index in [2.05, 4.69) is 14.8 Å². The van der Waals surface area contributed by atoms with Gasteiger partial charge >= 0.3 is 17.9 Å². The Hall–Kier alpha value is -2.12. The van der Waals surface area contributed by atoms with Crippen molar-refractivity contribution in [1.29, 1.82) is 0 Å². The van der Waals surface area contributed by atoms with E-state index < -0.39 is 36.0 Å². The van der Waals surface area contributed by atoms with Crippen molar-refractivity contribution in [1.82, 2.24) is 5.32 Å². The molecule has 0 radical (unpaired) electrons. The number of nitrogens with one attached hydrogen (secondary N) is 1. The van der Waals surface area contributed by atoms with Crippen LogP contribution in [0.4, 0.5) is 0 Å². The number of rotatable bonds is 8. The third-order valence-corrected chi connectivity index (χ3v) is 2.19. The predicted octanol–water partition coefficient (Wildman–Crippen LogP) is -0.149. The summed E-state index contributed by atoms with van der Waals surface area (Å²) in [5.74, 6) is -4.13. The van der Waals surface area contributed by atoms with E-state index >= 15 is 0 Å². The van der Waals surface area contributed by atoms with Crippen molar-refractivity contribution in [2.24, 2.45) is 0 Å². The minimum absolute atomic E-state index is 0.305. The molecule has 0 aliphatic heterocycles. The standard InChI is InChI=1S/C12H19NO7/c1-4-5-6-13-11(16)9(19-7(2)14)10(12(17)18)20-8(3)15/h9-10H,4-6H2,1-3H3,(H,13,16)(H,17,18). The largest absolute Gasteiger partial charge is 0.478 e. The van der Waals surface area contributed by atoms with Crippen molar-refractivity contribution in [3.8, 4) is 0 Å². The van der Waals surface area contributed by atoms with Crippen LogP contribution < -0.4 is 5.32 Å². The Bertz CT molecular complexity index is 380. The van der Waals surface area contributed by atoms with Crippen LogP contribution in [0.25, 0.3) is 0 Å². The molecule has 0 aliphatic carbocycles. The fourth-order valence-corrected chi connectivity index (χ4v) is 1.34. The van der Waals surface area contributed by atoms with Crippen molar-refractivity contribution < 1.29 is 33.8 Å². The Kier molecular flexibility index (Phi) is 7.95. The van der Waals surface area contributed by atoms with E-state index in [1.807, 2.05) is 6.92 Å². The van der Waals surface area contributed by atoms with Gasteiger partial charge in [-0.25, -0.2) is 4.79 Å². The Balaban J connectivity index is 4.97. The number of carboxylic acids is 1. The minimum Gasteiger partial charge on any atom is -0.478 e. The van der Waals surface area contributed by atoms with Gasteiger partial charge in [0.15, 0.2) is 0 Å². The van der Waals surface area contributed by atoms with Gasteiger partial charge in [0.1, 0.15) is 0 Å². The average Bonchev–Trinajstić information content (AvgIpc) is 2.32. The minimum atomic E-state index is -1.88. The molecule has 20 heavy (non-hydrogen) atoms. The second-order valence-corrected chi connectivity index (χ2v) is 4.04. The number of carbonyl (C=O) groups excluding carboxylic acids is 3. The number of carbonyl (C=O) groups is 4. The molecule has 0 spiro atoms. The highest BCUT2D eigenvalue weighted by molar-refractivity contribution is 5.90. The normalized spacial score (nSPS) is 12.9. The first kappa shape index (κ1) is 17.9. The van der Waals surface area contributed by atoms with E-state index in [1.165, 1.54) is 0 Å². The van der Waals surface area contributed by atoms with Crippen LogP contribution in [0.1, 0.15) is 33.6 Å². The van der Waals surface area contributed by atoms with Crippen LogP contribution >= 0.6 is 0 Å². The van der Waals surface area contributed by atoms with Crippen molar-refractivity contribution in [3.05, 3.63) is 0 Å². The van der Waals surface area contributed by atoms with Gasteiger partial charge in [-0.1, -0.05) is 13.3 Å². The van der Waals surface area contributed by atoms with Crippen molar-refractivity contribution in [2.45, 2.75) is 45.8 Å². The van der Waals surface area contributed by atoms with Gasteiger partial charge in [0.2, 0.25) is 12.2 Å². The summed E-state index contributed by atoms with van der Waals surface area (Å²) in [6.45, 7) is 4.24. The van der Waals surface area contributed by atoms with Gasteiger partial charge in [0, 0.05) is 20.4 Å². The van der Waals surface area contributed by atoms with Crippen LogP contribution in [0.2, 0.25) is 0 Å². The van der Waals surface area contributed by atoms with Crippen LogP contribution in [0.15, 0.2) is 0 Å². The van der Waals surface area contributed by atoms with Crippen LogP contribution in [0.5, 0.6) is 0 Å². The second-order valence-electron chi connectivity index (χ2n) is 4.04. The molecule has 1 amide bonds. The summed E-state index contributed by atoms with van der Waals surface area (Å²) in [5.41, 5.74) is 0. The zero-order valence-corrected chi connectivity index (χ0v) is 11.7. The fraction of sp³-hybridized carbons (Fsp3) is 0.667. The highest BCUT2D eigenvalue weighted by Crippen LogP contribution is 2.07. The number of ether oxygens (including phenoxy) is 2. The van der Waals surface area contributed by atoms with Gasteiger partial charge in [-0.3, -0.25) is 14.4 Å². The highest BCUT2D eigenvalue weighted by atomic mass is 16.6.